The quantitative estimate of drug-likeness (QED) is 0.883. The van der Waals surface area contributed by atoms with Crippen molar-refractivity contribution >= 4 is 5.91 Å². The summed E-state index contributed by atoms with van der Waals surface area (Å²) in [6, 6.07) is 6.70. The van der Waals surface area contributed by atoms with Gasteiger partial charge in [0.1, 0.15) is 5.82 Å². The fourth-order valence-electron chi connectivity index (χ4n) is 3.07. The second-order valence-electron chi connectivity index (χ2n) is 5.72. The average Bonchev–Trinajstić information content (AvgIpc) is 3.20. The third-order valence-corrected chi connectivity index (χ3v) is 4.29. The topological polar surface area (TPSA) is 46.3 Å². The highest BCUT2D eigenvalue weighted by molar-refractivity contribution is 5.91. The first-order valence-corrected chi connectivity index (χ1v) is 6.93. The summed E-state index contributed by atoms with van der Waals surface area (Å²) in [6.07, 6.45) is 3.41. The Kier molecular flexibility index (Phi) is 3.05. The maximum Gasteiger partial charge on any atom is 0.233 e. The SMILES string of the molecule is N[C@H]1CCCN(C(=O)C2(c3ccccc3F)CC2)C1. The van der Waals surface area contributed by atoms with Gasteiger partial charge in [0.15, 0.2) is 0 Å². The van der Waals surface area contributed by atoms with E-state index in [0.717, 1.165) is 32.2 Å². The molecule has 0 radical (unpaired) electrons. The number of carbonyl (C=O) groups is 1. The predicted octanol–water partition coefficient (Wildman–Crippen LogP) is 1.81. The van der Waals surface area contributed by atoms with Crippen molar-refractivity contribution in [3.05, 3.63) is 35.6 Å². The molecule has 1 atom stereocenters. The van der Waals surface area contributed by atoms with Crippen LogP contribution in [0.15, 0.2) is 24.3 Å². The van der Waals surface area contributed by atoms with E-state index in [4.69, 9.17) is 5.73 Å². The molecule has 2 aliphatic rings. The van der Waals surface area contributed by atoms with Gasteiger partial charge in [-0.2, -0.15) is 0 Å². The number of amides is 1. The van der Waals surface area contributed by atoms with Crippen LogP contribution in [0.3, 0.4) is 0 Å². The minimum Gasteiger partial charge on any atom is -0.340 e. The first kappa shape index (κ1) is 12.6. The molecule has 1 aromatic rings. The van der Waals surface area contributed by atoms with Crippen LogP contribution in [-0.2, 0) is 10.2 Å². The third-order valence-electron chi connectivity index (χ3n) is 4.29. The van der Waals surface area contributed by atoms with Gasteiger partial charge in [-0.1, -0.05) is 18.2 Å². The lowest BCUT2D eigenvalue weighted by atomic mass is 9.92. The van der Waals surface area contributed by atoms with Crippen LogP contribution in [0, 0.1) is 5.82 Å². The predicted molar refractivity (Wildman–Crippen MR) is 71.1 cm³/mol. The van der Waals surface area contributed by atoms with Gasteiger partial charge < -0.3 is 10.6 Å². The summed E-state index contributed by atoms with van der Waals surface area (Å²) in [5, 5.41) is 0. The number of rotatable bonds is 2. The minimum atomic E-state index is -0.609. The van der Waals surface area contributed by atoms with Crippen molar-refractivity contribution in [3.63, 3.8) is 0 Å². The van der Waals surface area contributed by atoms with Crippen LogP contribution in [0.4, 0.5) is 4.39 Å². The number of piperidine rings is 1. The van der Waals surface area contributed by atoms with Crippen LogP contribution in [0.2, 0.25) is 0 Å². The summed E-state index contributed by atoms with van der Waals surface area (Å²) in [5.41, 5.74) is 5.87. The molecule has 1 saturated carbocycles. The molecule has 1 saturated heterocycles. The zero-order valence-electron chi connectivity index (χ0n) is 10.9. The zero-order valence-corrected chi connectivity index (χ0v) is 10.9. The van der Waals surface area contributed by atoms with Crippen molar-refractivity contribution in [2.45, 2.75) is 37.1 Å². The Bertz CT molecular complexity index is 499. The van der Waals surface area contributed by atoms with Gasteiger partial charge >= 0.3 is 0 Å². The van der Waals surface area contributed by atoms with Crippen molar-refractivity contribution in [3.8, 4) is 0 Å². The van der Waals surface area contributed by atoms with E-state index < -0.39 is 5.41 Å². The van der Waals surface area contributed by atoms with Gasteiger partial charge in [-0.3, -0.25) is 4.79 Å². The van der Waals surface area contributed by atoms with Crippen LogP contribution in [0.5, 0.6) is 0 Å². The van der Waals surface area contributed by atoms with E-state index in [9.17, 15) is 9.18 Å². The number of likely N-dealkylation sites (tertiary alicyclic amines) is 1. The number of benzene rings is 1. The van der Waals surface area contributed by atoms with Crippen molar-refractivity contribution in [1.82, 2.24) is 4.90 Å². The molecule has 19 heavy (non-hydrogen) atoms. The molecule has 102 valence electrons. The first-order valence-electron chi connectivity index (χ1n) is 6.93. The molecular weight excluding hydrogens is 243 g/mol. The van der Waals surface area contributed by atoms with Crippen molar-refractivity contribution in [2.75, 3.05) is 13.1 Å². The molecule has 4 heteroatoms. The van der Waals surface area contributed by atoms with E-state index in [2.05, 4.69) is 0 Å². The number of nitrogens with two attached hydrogens (primary N) is 1. The number of nitrogens with zero attached hydrogens (tertiary/aromatic N) is 1. The van der Waals surface area contributed by atoms with Gasteiger partial charge in [0, 0.05) is 24.7 Å². The lowest BCUT2D eigenvalue weighted by Crippen LogP contribution is -2.49. The van der Waals surface area contributed by atoms with E-state index in [1.807, 2.05) is 4.90 Å². The number of halogens is 1. The Morgan fingerprint density at radius 2 is 2.11 bits per heavy atom. The molecule has 1 heterocycles. The zero-order chi connectivity index (χ0) is 13.5. The molecule has 1 aliphatic heterocycles. The summed E-state index contributed by atoms with van der Waals surface area (Å²) < 4.78 is 13.9. The van der Waals surface area contributed by atoms with E-state index in [1.54, 1.807) is 18.2 Å². The van der Waals surface area contributed by atoms with Crippen LogP contribution >= 0.6 is 0 Å². The Morgan fingerprint density at radius 3 is 2.74 bits per heavy atom. The van der Waals surface area contributed by atoms with E-state index >= 15 is 0 Å². The largest absolute Gasteiger partial charge is 0.340 e. The molecule has 2 fully saturated rings. The van der Waals surface area contributed by atoms with Gasteiger partial charge in [0.25, 0.3) is 0 Å². The van der Waals surface area contributed by atoms with Crippen LogP contribution in [0.1, 0.15) is 31.2 Å². The molecule has 2 N–H and O–H groups in total. The maximum absolute atomic E-state index is 13.9. The Morgan fingerprint density at radius 1 is 1.37 bits per heavy atom. The van der Waals surface area contributed by atoms with E-state index in [-0.39, 0.29) is 17.8 Å². The summed E-state index contributed by atoms with van der Waals surface area (Å²) in [7, 11) is 0. The lowest BCUT2D eigenvalue weighted by Gasteiger charge is -2.33. The summed E-state index contributed by atoms with van der Waals surface area (Å²) in [6.45, 7) is 1.36. The highest BCUT2D eigenvalue weighted by atomic mass is 19.1. The minimum absolute atomic E-state index is 0.0627. The van der Waals surface area contributed by atoms with Gasteiger partial charge in [0.2, 0.25) is 5.91 Å². The van der Waals surface area contributed by atoms with Crippen molar-refractivity contribution in [2.24, 2.45) is 5.73 Å². The summed E-state index contributed by atoms with van der Waals surface area (Å²) in [5.74, 6) is -0.206. The van der Waals surface area contributed by atoms with Crippen LogP contribution in [-0.4, -0.2) is 29.9 Å². The monoisotopic (exact) mass is 262 g/mol. The first-order chi connectivity index (χ1) is 9.13. The smallest absolute Gasteiger partial charge is 0.233 e. The Labute approximate surface area is 112 Å². The van der Waals surface area contributed by atoms with E-state index in [1.165, 1.54) is 6.07 Å². The molecule has 0 unspecified atom stereocenters. The highest BCUT2D eigenvalue weighted by Gasteiger charge is 2.54. The number of hydrogen-bond acceptors (Lipinski definition) is 2. The second kappa shape index (κ2) is 4.60. The van der Waals surface area contributed by atoms with Crippen LogP contribution in [0.25, 0.3) is 0 Å². The molecular formula is C15H19FN2O. The molecule has 1 aliphatic carbocycles. The maximum atomic E-state index is 13.9. The second-order valence-corrected chi connectivity index (χ2v) is 5.72. The molecule has 0 spiro atoms. The third kappa shape index (κ3) is 2.14. The van der Waals surface area contributed by atoms with Gasteiger partial charge in [-0.15, -0.1) is 0 Å². The van der Waals surface area contributed by atoms with Crippen LogP contribution < -0.4 is 5.73 Å². The Balaban J connectivity index is 1.85. The molecule has 0 aromatic heterocycles. The fraction of sp³-hybridized carbons (Fsp3) is 0.533. The van der Waals surface area contributed by atoms with Gasteiger partial charge in [-0.25, -0.2) is 4.39 Å². The van der Waals surface area contributed by atoms with E-state index in [0.29, 0.717) is 12.1 Å². The lowest BCUT2D eigenvalue weighted by molar-refractivity contribution is -0.135. The van der Waals surface area contributed by atoms with Crippen molar-refractivity contribution in [1.29, 1.82) is 0 Å². The number of hydrogen-bond donors (Lipinski definition) is 1. The highest BCUT2D eigenvalue weighted by Crippen LogP contribution is 2.50. The van der Waals surface area contributed by atoms with Gasteiger partial charge in [-0.05, 0) is 31.7 Å². The average molecular weight is 262 g/mol. The molecule has 3 nitrogen and oxygen atoms in total. The fourth-order valence-corrected chi connectivity index (χ4v) is 3.07. The standard InChI is InChI=1S/C15H19FN2O/c16-13-6-2-1-5-12(13)15(7-8-15)14(19)18-9-3-4-11(17)10-18/h1-2,5-6,11H,3-4,7-10,17H2/t11-/m0/s1. The molecule has 1 aromatic carbocycles. The van der Waals surface area contributed by atoms with Gasteiger partial charge in [0.05, 0.1) is 5.41 Å². The normalized spacial score (nSPS) is 25.2. The van der Waals surface area contributed by atoms with Crippen molar-refractivity contribution < 1.29 is 9.18 Å². The summed E-state index contributed by atoms with van der Waals surface area (Å²) >= 11 is 0. The summed E-state index contributed by atoms with van der Waals surface area (Å²) in [4.78, 5) is 14.5. The number of carbonyl (C=O) groups excluding carboxylic acids is 1. The molecule has 1 amide bonds. The molecule has 0 bridgehead atoms. The Hall–Kier alpha value is -1.42. The molecule has 3 rings (SSSR count).